The largest absolute Gasteiger partial charge is 1.00 e. The maximum absolute atomic E-state index is 10.5. The van der Waals surface area contributed by atoms with Crippen molar-refractivity contribution in [2.24, 2.45) is 0 Å². The van der Waals surface area contributed by atoms with E-state index in [1.54, 1.807) is 0 Å². The van der Waals surface area contributed by atoms with Crippen LogP contribution in [0.1, 0.15) is 34.5 Å². The minimum atomic E-state index is -1.22. The molecule has 39 heavy (non-hydrogen) atoms. The van der Waals surface area contributed by atoms with Gasteiger partial charge in [0.2, 0.25) is 0 Å². The predicted molar refractivity (Wildman–Crippen MR) is 135 cm³/mol. The maximum Gasteiger partial charge on any atom is 1.00 e. The number of aliphatic carboxylic acids is 2. The molecule has 0 saturated heterocycles. The zero-order chi connectivity index (χ0) is 25.6. The first kappa shape index (κ1) is 36.7. The normalized spacial score (nSPS) is 9.69. The van der Waals surface area contributed by atoms with Crippen LogP contribution in [0.15, 0.2) is 121 Å². The van der Waals surface area contributed by atoms with Crippen LogP contribution in [-0.4, -0.2) is 30.6 Å². The second-order valence-corrected chi connectivity index (χ2v) is 7.77. The Hall–Kier alpha value is -2.30. The molecule has 9 heteroatoms. The van der Waals surface area contributed by atoms with E-state index in [1.807, 2.05) is 121 Å². The number of benzene rings is 4. The molecule has 4 rings (SSSR count). The van der Waals surface area contributed by atoms with Crippen molar-refractivity contribution >= 4 is 11.9 Å². The quantitative estimate of drug-likeness (QED) is 0.188. The summed E-state index contributed by atoms with van der Waals surface area (Å²) in [6, 6.07) is 38.1. The second-order valence-electron chi connectivity index (χ2n) is 7.77. The third-order valence-corrected chi connectivity index (χ3v) is 5.14. The summed E-state index contributed by atoms with van der Waals surface area (Å²) in [5, 5.41) is 21.1. The van der Waals surface area contributed by atoms with Gasteiger partial charge in [0.25, 0.3) is 0 Å². The fourth-order valence-corrected chi connectivity index (χ4v) is 3.58. The summed E-state index contributed by atoms with van der Waals surface area (Å²) in [6.45, 7) is -0.844. The minimum absolute atomic E-state index is 0. The van der Waals surface area contributed by atoms with Crippen molar-refractivity contribution in [1.29, 1.82) is 0 Å². The van der Waals surface area contributed by atoms with Gasteiger partial charge in [0, 0.05) is 0 Å². The van der Waals surface area contributed by atoms with E-state index < -0.39 is 25.2 Å². The van der Waals surface area contributed by atoms with E-state index in [-0.39, 0.29) is 76.8 Å². The van der Waals surface area contributed by atoms with Gasteiger partial charge in [0.05, 0.1) is 25.2 Å². The molecule has 0 amide bonds. The topological polar surface area (TPSA) is 130 Å². The zero-order valence-electron chi connectivity index (χ0n) is 22.1. The van der Waals surface area contributed by atoms with Gasteiger partial charge in [-0.3, -0.25) is 0 Å². The molecule has 0 unspecified atom stereocenters. The molecule has 0 aliphatic heterocycles. The Kier molecular flexibility index (Phi) is 19.4. The fraction of sp³-hybridized carbons (Fsp3) is 0.133. The number of carbonyl (C=O) groups excluding carboxylic acids is 2. The van der Waals surface area contributed by atoms with Crippen LogP contribution in [0.2, 0.25) is 0 Å². The number of hydrogen-bond donors (Lipinski definition) is 0. The summed E-state index contributed by atoms with van der Waals surface area (Å²) in [5.41, 5.74) is 3.69. The molecule has 0 atom stereocenters. The number of ether oxygens (including phenoxy) is 2. The third-order valence-electron chi connectivity index (χ3n) is 5.14. The Morgan fingerprint density at radius 3 is 0.872 bits per heavy atom. The molecule has 0 radical (unpaired) electrons. The molecule has 4 aromatic rings. The van der Waals surface area contributed by atoms with E-state index in [4.69, 9.17) is 9.47 Å². The van der Waals surface area contributed by atoms with Gasteiger partial charge in [-0.15, -0.1) is 0 Å². The molecule has 0 aliphatic rings. The minimum Gasteiger partial charge on any atom is -0.548 e. The van der Waals surface area contributed by atoms with Gasteiger partial charge in [-0.05, 0) is 22.3 Å². The maximum atomic E-state index is 10.5. The van der Waals surface area contributed by atoms with Gasteiger partial charge in [0.15, 0.2) is 0 Å². The summed E-state index contributed by atoms with van der Waals surface area (Å²) >= 11 is 0. The van der Waals surface area contributed by atoms with Gasteiger partial charge in [-0.2, -0.15) is 0 Å². The van der Waals surface area contributed by atoms with E-state index in [0.29, 0.717) is 0 Å². The number of carboxylic acids is 2. The van der Waals surface area contributed by atoms with E-state index in [9.17, 15) is 19.8 Å². The van der Waals surface area contributed by atoms with Crippen molar-refractivity contribution < 1.29 is 93.9 Å². The molecule has 0 bridgehead atoms. The van der Waals surface area contributed by atoms with Crippen molar-refractivity contribution in [2.45, 2.75) is 12.2 Å². The second kappa shape index (κ2) is 20.6. The molecular weight excluding hydrogens is 518 g/mol. The third kappa shape index (κ3) is 13.1. The summed E-state index contributed by atoms with van der Waals surface area (Å²) in [4.78, 5) is 21.1. The summed E-state index contributed by atoms with van der Waals surface area (Å²) in [6.07, 6.45) is -0.768. The zero-order valence-corrected chi connectivity index (χ0v) is 26.1. The van der Waals surface area contributed by atoms with Gasteiger partial charge in [-0.25, -0.2) is 0 Å². The van der Waals surface area contributed by atoms with E-state index in [0.717, 1.165) is 22.3 Å². The first-order valence-corrected chi connectivity index (χ1v) is 11.4. The molecule has 0 aromatic heterocycles. The van der Waals surface area contributed by atoms with Crippen LogP contribution >= 0.6 is 0 Å². The molecule has 0 heterocycles. The summed E-state index contributed by atoms with van der Waals surface area (Å²) in [5.74, 6) is -2.43. The van der Waals surface area contributed by atoms with Crippen LogP contribution in [0.4, 0.5) is 0 Å². The van der Waals surface area contributed by atoms with Gasteiger partial charge in [-0.1, -0.05) is 121 Å². The van der Waals surface area contributed by atoms with Crippen molar-refractivity contribution in [1.82, 2.24) is 0 Å². The Morgan fingerprint density at radius 1 is 0.487 bits per heavy atom. The van der Waals surface area contributed by atoms with Crippen LogP contribution in [0, 0.1) is 0 Å². The molecular formula is C30H28Na2O7. The van der Waals surface area contributed by atoms with Crippen LogP contribution < -0.4 is 69.3 Å². The van der Waals surface area contributed by atoms with Crippen LogP contribution in [0.5, 0.6) is 0 Å². The van der Waals surface area contributed by atoms with Crippen molar-refractivity contribution in [3.63, 3.8) is 0 Å². The summed E-state index contributed by atoms with van der Waals surface area (Å²) in [7, 11) is 0. The summed E-state index contributed by atoms with van der Waals surface area (Å²) < 4.78 is 10.8. The monoisotopic (exact) mass is 546 g/mol. The molecule has 2 N–H and O–H groups in total. The van der Waals surface area contributed by atoms with Crippen molar-refractivity contribution in [3.05, 3.63) is 144 Å². The Morgan fingerprint density at radius 2 is 0.692 bits per heavy atom. The SMILES string of the molecule is O.O=C([O-])COC(c1ccccc1)c1ccccc1.O=C([O-])COC(c1ccccc1)c1ccccc1.[Na+].[Na+]. The van der Waals surface area contributed by atoms with Crippen molar-refractivity contribution in [2.75, 3.05) is 13.2 Å². The smallest absolute Gasteiger partial charge is 0.548 e. The van der Waals surface area contributed by atoms with Crippen LogP contribution in [0.25, 0.3) is 0 Å². The Bertz CT molecular complexity index is 1020. The average molecular weight is 547 g/mol. The Labute approximate surface area is 272 Å². The number of carboxylic acid groups (broad SMARTS) is 2. The first-order chi connectivity index (χ1) is 17.5. The predicted octanol–water partition coefficient (Wildman–Crippen LogP) is -3.73. The van der Waals surface area contributed by atoms with Crippen LogP contribution in [-0.2, 0) is 19.1 Å². The number of hydrogen-bond acceptors (Lipinski definition) is 6. The molecule has 4 aromatic carbocycles. The molecule has 0 fully saturated rings. The molecule has 0 spiro atoms. The molecule has 192 valence electrons. The van der Waals surface area contributed by atoms with E-state index >= 15 is 0 Å². The first-order valence-electron chi connectivity index (χ1n) is 11.4. The molecule has 0 saturated carbocycles. The van der Waals surface area contributed by atoms with Gasteiger partial charge < -0.3 is 34.8 Å². The van der Waals surface area contributed by atoms with E-state index in [1.165, 1.54) is 0 Å². The van der Waals surface area contributed by atoms with Gasteiger partial charge in [0.1, 0.15) is 12.2 Å². The molecule has 0 aliphatic carbocycles. The molecule has 7 nitrogen and oxygen atoms in total. The average Bonchev–Trinajstić information content (AvgIpc) is 2.91. The van der Waals surface area contributed by atoms with Crippen molar-refractivity contribution in [3.8, 4) is 0 Å². The van der Waals surface area contributed by atoms with Gasteiger partial charge >= 0.3 is 59.1 Å². The standard InChI is InChI=1S/2C15H14O3.2Na.H2O/c2*16-14(17)11-18-15(12-7-3-1-4-8-12)13-9-5-2-6-10-13;;;/h2*1-10,15H,11H2,(H,16,17);;;1H2/q;;2*+1;/p-2. The fourth-order valence-electron chi connectivity index (χ4n) is 3.58. The van der Waals surface area contributed by atoms with Crippen LogP contribution in [0.3, 0.4) is 0 Å². The Balaban J connectivity index is 0.000000688. The number of carbonyl (C=O) groups is 2. The van der Waals surface area contributed by atoms with E-state index in [2.05, 4.69) is 0 Å². The number of rotatable bonds is 10.